The number of anilines is 1. The fourth-order valence-corrected chi connectivity index (χ4v) is 2.83. The number of nitrogens with one attached hydrogen (secondary N) is 2. The number of benzene rings is 2. The summed E-state index contributed by atoms with van der Waals surface area (Å²) < 4.78 is 16.0. The van der Waals surface area contributed by atoms with Crippen molar-refractivity contribution in [1.82, 2.24) is 5.32 Å². The van der Waals surface area contributed by atoms with Crippen LogP contribution in [0.25, 0.3) is 0 Å². The lowest BCUT2D eigenvalue weighted by Crippen LogP contribution is -2.28. The van der Waals surface area contributed by atoms with E-state index < -0.39 is 0 Å². The zero-order chi connectivity index (χ0) is 20.5. The molecule has 0 spiro atoms. The lowest BCUT2D eigenvalue weighted by atomic mass is 10.1. The van der Waals surface area contributed by atoms with Crippen molar-refractivity contribution in [2.75, 3.05) is 25.6 Å². The van der Waals surface area contributed by atoms with Gasteiger partial charge >= 0.3 is 5.97 Å². The number of methoxy groups -OCH3 is 1. The van der Waals surface area contributed by atoms with Gasteiger partial charge in [-0.2, -0.15) is 0 Å². The summed E-state index contributed by atoms with van der Waals surface area (Å²) in [6.45, 7) is 6.98. The average Bonchev–Trinajstić information content (AvgIpc) is 2.68. The molecule has 7 heteroatoms. The molecule has 0 saturated heterocycles. The molecule has 2 N–H and O–H groups in total. The molecule has 0 aliphatic heterocycles. The van der Waals surface area contributed by atoms with Crippen molar-refractivity contribution in [1.29, 1.82) is 0 Å². The number of hydrogen-bond acceptors (Lipinski definition) is 5. The van der Waals surface area contributed by atoms with E-state index in [9.17, 15) is 4.79 Å². The number of esters is 1. The average molecular weight is 403 g/mol. The second-order valence-electron chi connectivity index (χ2n) is 5.92. The smallest absolute Gasteiger partial charge is 0.338 e. The number of thiocarbonyl (C=S) groups is 1. The highest BCUT2D eigenvalue weighted by Gasteiger charge is 2.13. The Morgan fingerprint density at radius 3 is 2.57 bits per heavy atom. The summed E-state index contributed by atoms with van der Waals surface area (Å²) >= 11 is 5.39. The van der Waals surface area contributed by atoms with Gasteiger partial charge in [-0.3, -0.25) is 0 Å². The van der Waals surface area contributed by atoms with E-state index in [1.54, 1.807) is 26.2 Å². The SMILES string of the molecule is CCOC(=O)c1cccc(NC(=S)NCc2ccc(OC)c(OCC)c2)c1C. The molecule has 0 atom stereocenters. The fraction of sp³-hybridized carbons (Fsp3) is 0.333. The Balaban J connectivity index is 2.02. The van der Waals surface area contributed by atoms with Gasteiger partial charge in [0.15, 0.2) is 16.6 Å². The standard InChI is InChI=1S/C21H26N2O4S/c1-5-26-19-12-15(10-11-18(19)25-4)13-22-21(28)23-17-9-7-8-16(14(17)3)20(24)27-6-2/h7-12H,5-6,13H2,1-4H3,(H2,22,23,28). The van der Waals surface area contributed by atoms with Crippen LogP contribution < -0.4 is 20.1 Å². The largest absolute Gasteiger partial charge is 0.493 e. The molecule has 2 aromatic rings. The molecule has 150 valence electrons. The van der Waals surface area contributed by atoms with E-state index in [4.69, 9.17) is 26.4 Å². The van der Waals surface area contributed by atoms with Gasteiger partial charge in [0, 0.05) is 12.2 Å². The molecule has 0 aliphatic carbocycles. The predicted octanol–water partition coefficient (Wildman–Crippen LogP) is 4.07. The topological polar surface area (TPSA) is 68.8 Å². The van der Waals surface area contributed by atoms with Crippen molar-refractivity contribution in [3.05, 3.63) is 53.1 Å². The van der Waals surface area contributed by atoms with Gasteiger partial charge in [-0.05, 0) is 68.4 Å². The van der Waals surface area contributed by atoms with Crippen molar-refractivity contribution < 1.29 is 19.0 Å². The van der Waals surface area contributed by atoms with Gasteiger partial charge in [0.1, 0.15) is 0 Å². The molecule has 2 aromatic carbocycles. The molecule has 6 nitrogen and oxygen atoms in total. The molecule has 0 heterocycles. The van der Waals surface area contributed by atoms with Crippen molar-refractivity contribution >= 4 is 29.0 Å². The first kappa shape index (κ1) is 21.5. The van der Waals surface area contributed by atoms with Gasteiger partial charge in [-0.15, -0.1) is 0 Å². The lowest BCUT2D eigenvalue weighted by molar-refractivity contribution is 0.0525. The first-order valence-electron chi connectivity index (χ1n) is 9.11. The van der Waals surface area contributed by atoms with Crippen LogP contribution in [0.1, 0.15) is 35.3 Å². The highest BCUT2D eigenvalue weighted by molar-refractivity contribution is 7.80. The second kappa shape index (κ2) is 10.5. The fourth-order valence-electron chi connectivity index (χ4n) is 2.65. The van der Waals surface area contributed by atoms with E-state index in [-0.39, 0.29) is 5.97 Å². The zero-order valence-corrected chi connectivity index (χ0v) is 17.4. The number of hydrogen-bond donors (Lipinski definition) is 2. The summed E-state index contributed by atoms with van der Waals surface area (Å²) in [5.74, 6) is 1.04. The Labute approximate surface area is 171 Å². The number of carbonyl (C=O) groups excluding carboxylic acids is 1. The quantitative estimate of drug-likeness (QED) is 0.510. The van der Waals surface area contributed by atoms with Crippen LogP contribution in [0.2, 0.25) is 0 Å². The van der Waals surface area contributed by atoms with Crippen LogP contribution in [0.15, 0.2) is 36.4 Å². The van der Waals surface area contributed by atoms with E-state index >= 15 is 0 Å². The Morgan fingerprint density at radius 1 is 1.11 bits per heavy atom. The maximum Gasteiger partial charge on any atom is 0.338 e. The Morgan fingerprint density at radius 2 is 1.89 bits per heavy atom. The van der Waals surface area contributed by atoms with Crippen molar-refractivity contribution in [2.24, 2.45) is 0 Å². The minimum atomic E-state index is -0.343. The molecule has 0 unspecified atom stereocenters. The number of carbonyl (C=O) groups is 1. The highest BCUT2D eigenvalue weighted by atomic mass is 32.1. The molecule has 2 rings (SSSR count). The van der Waals surface area contributed by atoms with Crippen LogP contribution >= 0.6 is 12.2 Å². The summed E-state index contributed by atoms with van der Waals surface area (Å²) in [7, 11) is 1.61. The number of ether oxygens (including phenoxy) is 3. The molecule has 0 amide bonds. The summed E-state index contributed by atoms with van der Waals surface area (Å²) in [4.78, 5) is 12.0. The van der Waals surface area contributed by atoms with Crippen molar-refractivity contribution in [2.45, 2.75) is 27.3 Å². The third kappa shape index (κ3) is 5.60. The zero-order valence-electron chi connectivity index (χ0n) is 16.6. The van der Waals surface area contributed by atoms with E-state index in [0.29, 0.717) is 41.9 Å². The summed E-state index contributed by atoms with van der Waals surface area (Å²) in [6, 6.07) is 11.1. The van der Waals surface area contributed by atoms with Crippen LogP contribution in [0.3, 0.4) is 0 Å². The molecule has 0 fully saturated rings. The van der Waals surface area contributed by atoms with E-state index in [0.717, 1.165) is 16.8 Å². The molecule has 28 heavy (non-hydrogen) atoms. The van der Waals surface area contributed by atoms with E-state index in [1.807, 2.05) is 38.1 Å². The summed E-state index contributed by atoms with van der Waals surface area (Å²) in [5.41, 5.74) is 3.07. The first-order valence-corrected chi connectivity index (χ1v) is 9.52. The second-order valence-corrected chi connectivity index (χ2v) is 6.33. The summed E-state index contributed by atoms with van der Waals surface area (Å²) in [5, 5.41) is 6.76. The third-order valence-corrected chi connectivity index (χ3v) is 4.30. The molecule has 0 bridgehead atoms. The van der Waals surface area contributed by atoms with Crippen LogP contribution in [0.4, 0.5) is 5.69 Å². The Hall–Kier alpha value is -2.80. The molecule has 0 aliphatic rings. The number of rotatable bonds is 8. The monoisotopic (exact) mass is 402 g/mol. The highest BCUT2D eigenvalue weighted by Crippen LogP contribution is 2.28. The molecule has 0 saturated carbocycles. The van der Waals surface area contributed by atoms with Crippen LogP contribution in [-0.4, -0.2) is 31.4 Å². The first-order chi connectivity index (χ1) is 13.5. The molecular weight excluding hydrogens is 376 g/mol. The third-order valence-electron chi connectivity index (χ3n) is 4.06. The Kier molecular flexibility index (Phi) is 8.07. The van der Waals surface area contributed by atoms with Gasteiger partial charge in [0.2, 0.25) is 0 Å². The Bertz CT molecular complexity index is 839. The molecule has 0 radical (unpaired) electrons. The van der Waals surface area contributed by atoms with Gasteiger partial charge in [-0.25, -0.2) is 4.79 Å². The van der Waals surface area contributed by atoms with Crippen molar-refractivity contribution in [3.63, 3.8) is 0 Å². The van der Waals surface area contributed by atoms with Gasteiger partial charge in [0.05, 0.1) is 25.9 Å². The van der Waals surface area contributed by atoms with Gasteiger partial charge < -0.3 is 24.8 Å². The maximum atomic E-state index is 12.0. The van der Waals surface area contributed by atoms with Crippen LogP contribution in [0.5, 0.6) is 11.5 Å². The van der Waals surface area contributed by atoms with Crippen LogP contribution in [-0.2, 0) is 11.3 Å². The molecular formula is C21H26N2O4S. The predicted molar refractivity (Wildman–Crippen MR) is 114 cm³/mol. The van der Waals surface area contributed by atoms with Gasteiger partial charge in [-0.1, -0.05) is 12.1 Å². The van der Waals surface area contributed by atoms with E-state index in [2.05, 4.69) is 10.6 Å². The van der Waals surface area contributed by atoms with Gasteiger partial charge in [0.25, 0.3) is 0 Å². The minimum absolute atomic E-state index is 0.335. The minimum Gasteiger partial charge on any atom is -0.493 e. The summed E-state index contributed by atoms with van der Waals surface area (Å²) in [6.07, 6.45) is 0. The lowest BCUT2D eigenvalue weighted by Gasteiger charge is -2.15. The van der Waals surface area contributed by atoms with Crippen molar-refractivity contribution in [3.8, 4) is 11.5 Å². The normalized spacial score (nSPS) is 10.1. The van der Waals surface area contributed by atoms with Crippen LogP contribution in [0, 0.1) is 6.92 Å². The van der Waals surface area contributed by atoms with E-state index in [1.165, 1.54) is 0 Å². The maximum absolute atomic E-state index is 12.0. The molecule has 0 aromatic heterocycles.